The Morgan fingerprint density at radius 3 is 2.74 bits per heavy atom. The van der Waals surface area contributed by atoms with Gasteiger partial charge in [-0.15, -0.1) is 0 Å². The smallest absolute Gasteiger partial charge is 0.252 e. The Hall–Kier alpha value is -1.36. The van der Waals surface area contributed by atoms with Crippen LogP contribution in [0.5, 0.6) is 0 Å². The summed E-state index contributed by atoms with van der Waals surface area (Å²) in [6.45, 7) is 7.30. The molecule has 1 aliphatic carbocycles. The summed E-state index contributed by atoms with van der Waals surface area (Å²) in [7, 11) is 2.15. The van der Waals surface area contributed by atoms with Gasteiger partial charge < -0.3 is 9.88 Å². The van der Waals surface area contributed by atoms with E-state index in [0.29, 0.717) is 5.92 Å². The molecular formula is C14H22N4O. The summed E-state index contributed by atoms with van der Waals surface area (Å²) in [5.41, 5.74) is 0.0890. The minimum atomic E-state index is -0.0244. The van der Waals surface area contributed by atoms with Gasteiger partial charge in [-0.1, -0.05) is 0 Å². The minimum absolute atomic E-state index is 0.0244. The molecular weight excluding hydrogens is 240 g/mol. The number of piperazine rings is 1. The van der Waals surface area contributed by atoms with Crippen molar-refractivity contribution < 1.29 is 0 Å². The van der Waals surface area contributed by atoms with Crippen LogP contribution in [0.2, 0.25) is 0 Å². The van der Waals surface area contributed by atoms with Crippen LogP contribution in [-0.2, 0) is 0 Å². The van der Waals surface area contributed by atoms with Crippen LogP contribution in [0.3, 0.4) is 0 Å². The first-order valence-electron chi connectivity index (χ1n) is 7.03. The highest BCUT2D eigenvalue weighted by Crippen LogP contribution is 2.38. The lowest BCUT2D eigenvalue weighted by atomic mass is 10.00. The van der Waals surface area contributed by atoms with E-state index in [0.717, 1.165) is 44.1 Å². The van der Waals surface area contributed by atoms with Gasteiger partial charge >= 0.3 is 0 Å². The first-order chi connectivity index (χ1) is 8.95. The van der Waals surface area contributed by atoms with Gasteiger partial charge in [0.05, 0.1) is 0 Å². The number of hydrogen-bond acceptors (Lipinski definition) is 4. The predicted molar refractivity (Wildman–Crippen MR) is 75.8 cm³/mol. The number of aromatic nitrogens is 2. The number of nitrogens with zero attached hydrogens (tertiary/aromatic N) is 3. The topological polar surface area (TPSA) is 52.2 Å². The van der Waals surface area contributed by atoms with E-state index < -0.39 is 0 Å². The van der Waals surface area contributed by atoms with Crippen LogP contribution in [0.15, 0.2) is 10.9 Å². The van der Waals surface area contributed by atoms with Crippen molar-refractivity contribution in [3.05, 3.63) is 22.2 Å². The summed E-state index contributed by atoms with van der Waals surface area (Å²) >= 11 is 0. The molecule has 0 spiro atoms. The quantitative estimate of drug-likeness (QED) is 0.869. The fourth-order valence-corrected chi connectivity index (χ4v) is 2.61. The Labute approximate surface area is 113 Å². The molecule has 1 N–H and O–H groups in total. The van der Waals surface area contributed by atoms with E-state index in [4.69, 9.17) is 0 Å². The number of H-pyrrole nitrogens is 1. The molecule has 0 bridgehead atoms. The van der Waals surface area contributed by atoms with Gasteiger partial charge in [0, 0.05) is 37.2 Å². The molecule has 0 amide bonds. The zero-order valence-electron chi connectivity index (χ0n) is 11.9. The number of nitrogens with one attached hydrogen (secondary N) is 1. The summed E-state index contributed by atoms with van der Waals surface area (Å²) in [4.78, 5) is 23.9. The van der Waals surface area contributed by atoms with E-state index in [2.05, 4.69) is 40.7 Å². The van der Waals surface area contributed by atoms with E-state index in [-0.39, 0.29) is 11.1 Å². The Kier molecular flexibility index (Phi) is 2.89. The normalized spacial score (nSPS) is 23.6. The minimum Gasteiger partial charge on any atom is -0.353 e. The third kappa shape index (κ3) is 2.52. The van der Waals surface area contributed by atoms with Crippen LogP contribution in [0, 0.1) is 0 Å². The summed E-state index contributed by atoms with van der Waals surface area (Å²) in [5.74, 6) is 2.19. The Morgan fingerprint density at radius 1 is 1.37 bits per heavy atom. The van der Waals surface area contributed by atoms with Crippen molar-refractivity contribution in [2.24, 2.45) is 0 Å². The largest absolute Gasteiger partial charge is 0.353 e. The molecule has 104 valence electrons. The van der Waals surface area contributed by atoms with Crippen molar-refractivity contribution in [1.29, 1.82) is 0 Å². The van der Waals surface area contributed by atoms with Crippen molar-refractivity contribution in [3.8, 4) is 0 Å². The Balaban J connectivity index is 1.87. The molecule has 1 saturated heterocycles. The number of rotatable bonds is 2. The van der Waals surface area contributed by atoms with Gasteiger partial charge in [-0.3, -0.25) is 9.69 Å². The third-order valence-electron chi connectivity index (χ3n) is 4.35. The molecule has 19 heavy (non-hydrogen) atoms. The van der Waals surface area contributed by atoms with Crippen molar-refractivity contribution in [1.82, 2.24) is 14.9 Å². The molecule has 5 heteroatoms. The van der Waals surface area contributed by atoms with E-state index in [1.54, 1.807) is 6.07 Å². The van der Waals surface area contributed by atoms with Crippen LogP contribution in [-0.4, -0.2) is 47.1 Å². The van der Waals surface area contributed by atoms with Crippen molar-refractivity contribution in [3.63, 3.8) is 0 Å². The van der Waals surface area contributed by atoms with Gasteiger partial charge in [-0.25, -0.2) is 4.98 Å². The molecule has 1 saturated carbocycles. The first kappa shape index (κ1) is 12.7. The van der Waals surface area contributed by atoms with E-state index in [1.807, 2.05) is 0 Å². The molecule has 2 fully saturated rings. The maximum absolute atomic E-state index is 11.8. The van der Waals surface area contributed by atoms with Crippen LogP contribution in [0.25, 0.3) is 0 Å². The van der Waals surface area contributed by atoms with Gasteiger partial charge in [-0.05, 0) is 33.7 Å². The molecule has 0 radical (unpaired) electrons. The van der Waals surface area contributed by atoms with Crippen molar-refractivity contribution in [2.75, 3.05) is 31.6 Å². The average Bonchev–Trinajstić information content (AvgIpc) is 3.16. The average molecular weight is 262 g/mol. The molecule has 1 aliphatic heterocycles. The maximum Gasteiger partial charge on any atom is 0.252 e. The fourth-order valence-electron chi connectivity index (χ4n) is 2.61. The Bertz CT molecular complexity index is 532. The first-order valence-corrected chi connectivity index (χ1v) is 7.03. The zero-order chi connectivity index (χ0) is 13.6. The molecule has 0 unspecified atom stereocenters. The third-order valence-corrected chi connectivity index (χ3v) is 4.35. The van der Waals surface area contributed by atoms with Gasteiger partial charge in [-0.2, -0.15) is 0 Å². The lowest BCUT2D eigenvalue weighted by Crippen LogP contribution is -2.58. The number of hydrogen-bond donors (Lipinski definition) is 1. The highest BCUT2D eigenvalue weighted by atomic mass is 16.1. The SMILES string of the molecule is CN1CCN(c2cc(=O)[nH]c(C3CC3)n2)CC1(C)C. The highest BCUT2D eigenvalue weighted by molar-refractivity contribution is 5.39. The van der Waals surface area contributed by atoms with Crippen LogP contribution >= 0.6 is 0 Å². The molecule has 1 aromatic heterocycles. The molecule has 2 heterocycles. The van der Waals surface area contributed by atoms with E-state index >= 15 is 0 Å². The van der Waals surface area contributed by atoms with Crippen molar-refractivity contribution >= 4 is 5.82 Å². The monoisotopic (exact) mass is 262 g/mol. The lowest BCUT2D eigenvalue weighted by molar-refractivity contribution is 0.138. The molecule has 0 aromatic carbocycles. The van der Waals surface area contributed by atoms with E-state index in [9.17, 15) is 4.79 Å². The van der Waals surface area contributed by atoms with Gasteiger partial charge in [0.25, 0.3) is 5.56 Å². The fraction of sp³-hybridized carbons (Fsp3) is 0.714. The van der Waals surface area contributed by atoms with Gasteiger partial charge in [0.1, 0.15) is 11.6 Å². The number of aromatic amines is 1. The van der Waals surface area contributed by atoms with Crippen LogP contribution < -0.4 is 10.5 Å². The second kappa shape index (κ2) is 4.34. The van der Waals surface area contributed by atoms with Gasteiger partial charge in [0.2, 0.25) is 0 Å². The van der Waals surface area contributed by atoms with Crippen LogP contribution in [0.1, 0.15) is 38.4 Å². The number of anilines is 1. The highest BCUT2D eigenvalue weighted by Gasteiger charge is 2.32. The second-order valence-corrected chi connectivity index (χ2v) is 6.42. The van der Waals surface area contributed by atoms with E-state index in [1.165, 1.54) is 0 Å². The second-order valence-electron chi connectivity index (χ2n) is 6.42. The van der Waals surface area contributed by atoms with Gasteiger partial charge in [0.15, 0.2) is 0 Å². The predicted octanol–water partition coefficient (Wildman–Crippen LogP) is 1.18. The summed E-state index contributed by atoms with van der Waals surface area (Å²) in [5, 5.41) is 0. The Morgan fingerprint density at radius 2 is 2.11 bits per heavy atom. The van der Waals surface area contributed by atoms with Crippen molar-refractivity contribution in [2.45, 2.75) is 38.1 Å². The number of likely N-dealkylation sites (N-methyl/N-ethyl adjacent to an activating group) is 1. The molecule has 1 aromatic rings. The molecule has 5 nitrogen and oxygen atoms in total. The lowest BCUT2D eigenvalue weighted by Gasteiger charge is -2.45. The summed E-state index contributed by atoms with van der Waals surface area (Å²) in [6.07, 6.45) is 2.31. The maximum atomic E-state index is 11.8. The van der Waals surface area contributed by atoms with Crippen LogP contribution in [0.4, 0.5) is 5.82 Å². The summed E-state index contributed by atoms with van der Waals surface area (Å²) < 4.78 is 0. The summed E-state index contributed by atoms with van der Waals surface area (Å²) in [6, 6.07) is 1.63. The molecule has 2 aliphatic rings. The standard InChI is InChI=1S/C14H22N4O/c1-14(2)9-18(7-6-17(14)3)11-8-12(19)16-13(15-11)10-4-5-10/h8,10H,4-7,9H2,1-3H3,(H,15,16,19). The molecule has 0 atom stereocenters. The zero-order valence-corrected chi connectivity index (χ0v) is 11.9. The molecule has 3 rings (SSSR count).